The van der Waals surface area contributed by atoms with Crippen molar-refractivity contribution >= 4 is 45.4 Å². The Bertz CT molecular complexity index is 1440. The third-order valence-electron chi connectivity index (χ3n) is 5.46. The van der Waals surface area contributed by atoms with E-state index in [0.717, 1.165) is 36.1 Å². The normalized spacial score (nSPS) is 11.0. The molecule has 194 valence electrons. The van der Waals surface area contributed by atoms with Crippen LogP contribution in [0.2, 0.25) is 10.0 Å². The Kier molecular flexibility index (Phi) is 9.85. The van der Waals surface area contributed by atoms with E-state index in [1.807, 2.05) is 12.1 Å². The summed E-state index contributed by atoms with van der Waals surface area (Å²) in [5, 5.41) is 0.941. The number of nitrogens with two attached hydrogens (primary N) is 2. The average Bonchev–Trinajstić information content (AvgIpc) is 2.83. The zero-order valence-electron chi connectivity index (χ0n) is 19.7. The van der Waals surface area contributed by atoms with Gasteiger partial charge in [-0.05, 0) is 60.1 Å². The first kappa shape index (κ1) is 28.4. The minimum absolute atomic E-state index is 0.164. The molecular formula is C26H26Cl2N4O4S. The lowest BCUT2D eigenvalue weighted by atomic mass is 9.98. The molecule has 0 saturated carbocycles. The number of anilines is 2. The molecule has 11 heteroatoms. The first-order valence-electron chi connectivity index (χ1n) is 11.2. The highest BCUT2D eigenvalue weighted by molar-refractivity contribution is 7.79. The first-order valence-corrected chi connectivity index (χ1v) is 13.3. The van der Waals surface area contributed by atoms with Crippen molar-refractivity contribution in [3.8, 4) is 11.1 Å². The van der Waals surface area contributed by atoms with Gasteiger partial charge < -0.3 is 11.5 Å². The molecule has 0 aliphatic rings. The second-order valence-corrected chi connectivity index (χ2v) is 9.88. The molecule has 3 aromatic carbocycles. The smallest absolute Gasteiger partial charge is 0.383 e. The lowest BCUT2D eigenvalue weighted by Crippen LogP contribution is -2.08. The van der Waals surface area contributed by atoms with Crippen LogP contribution in [0.1, 0.15) is 22.4 Å². The van der Waals surface area contributed by atoms with Crippen molar-refractivity contribution < 1.29 is 17.5 Å². The Hall–Kier alpha value is -3.21. The van der Waals surface area contributed by atoms with Crippen molar-refractivity contribution in [2.45, 2.75) is 25.7 Å². The number of halogens is 2. The molecule has 1 aromatic heterocycles. The Morgan fingerprint density at radius 1 is 0.703 bits per heavy atom. The maximum absolute atomic E-state index is 8.74. The molecular weight excluding hydrogens is 535 g/mol. The second kappa shape index (κ2) is 12.8. The number of benzene rings is 3. The maximum atomic E-state index is 8.74. The maximum Gasteiger partial charge on any atom is 0.394 e. The highest BCUT2D eigenvalue weighted by atomic mass is 35.5. The lowest BCUT2D eigenvalue weighted by molar-refractivity contribution is 0.381. The van der Waals surface area contributed by atoms with Crippen LogP contribution in [0.5, 0.6) is 0 Å². The van der Waals surface area contributed by atoms with Crippen molar-refractivity contribution in [1.82, 2.24) is 9.97 Å². The summed E-state index contributed by atoms with van der Waals surface area (Å²) in [4.78, 5) is 8.61. The predicted molar refractivity (Wildman–Crippen MR) is 148 cm³/mol. The van der Waals surface area contributed by atoms with Gasteiger partial charge in [-0.2, -0.15) is 13.4 Å². The van der Waals surface area contributed by atoms with Gasteiger partial charge in [-0.15, -0.1) is 0 Å². The highest BCUT2D eigenvalue weighted by Crippen LogP contribution is 2.33. The topological polar surface area (TPSA) is 152 Å². The van der Waals surface area contributed by atoms with Gasteiger partial charge in [-0.1, -0.05) is 83.9 Å². The standard InChI is InChI=1S/C26H24Cl2N4.H2O4S/c27-21-14-13-20(16-22(21)28)24-23(31-26(30)32-25(24)29)15-12-19-10-8-18(9-11-19)7-6-17-4-2-1-3-5-17;1-5(2,3)4/h1-5,8-11,13-14,16H,6-7,12,15H2,(H4,29,30,31,32);(H2,1,2,3,4). The molecule has 0 aliphatic carbocycles. The number of rotatable bonds is 7. The summed E-state index contributed by atoms with van der Waals surface area (Å²) < 4.78 is 31.6. The van der Waals surface area contributed by atoms with Gasteiger partial charge in [0.1, 0.15) is 5.82 Å². The SMILES string of the molecule is Nc1nc(N)c(-c2ccc(Cl)c(Cl)c2)c(CCc2ccc(CCc3ccccc3)cc2)n1.O=S(=O)(O)O. The van der Waals surface area contributed by atoms with Crippen molar-refractivity contribution in [3.05, 3.63) is 105 Å². The van der Waals surface area contributed by atoms with Crippen molar-refractivity contribution in [2.75, 3.05) is 11.5 Å². The molecule has 4 rings (SSSR count). The molecule has 0 atom stereocenters. The Labute approximate surface area is 225 Å². The largest absolute Gasteiger partial charge is 0.394 e. The quantitative estimate of drug-likeness (QED) is 0.215. The molecule has 4 aromatic rings. The van der Waals surface area contributed by atoms with Crippen LogP contribution in [0.25, 0.3) is 11.1 Å². The van der Waals surface area contributed by atoms with E-state index >= 15 is 0 Å². The summed E-state index contributed by atoms with van der Waals surface area (Å²) in [7, 11) is -4.67. The Morgan fingerprint density at radius 3 is 1.76 bits per heavy atom. The third-order valence-corrected chi connectivity index (χ3v) is 6.20. The van der Waals surface area contributed by atoms with E-state index < -0.39 is 10.4 Å². The molecule has 0 spiro atoms. The van der Waals surface area contributed by atoms with E-state index in [2.05, 4.69) is 58.5 Å². The van der Waals surface area contributed by atoms with Crippen molar-refractivity contribution in [1.29, 1.82) is 0 Å². The number of hydrogen-bond donors (Lipinski definition) is 4. The fourth-order valence-corrected chi connectivity index (χ4v) is 4.06. The van der Waals surface area contributed by atoms with E-state index in [-0.39, 0.29) is 5.95 Å². The molecule has 0 radical (unpaired) electrons. The van der Waals surface area contributed by atoms with Gasteiger partial charge in [0, 0.05) is 5.56 Å². The van der Waals surface area contributed by atoms with Crippen LogP contribution in [0.4, 0.5) is 11.8 Å². The second-order valence-electron chi connectivity index (χ2n) is 8.17. The summed E-state index contributed by atoms with van der Waals surface area (Å²) >= 11 is 12.3. The van der Waals surface area contributed by atoms with Gasteiger partial charge in [-0.3, -0.25) is 9.11 Å². The molecule has 1 heterocycles. The van der Waals surface area contributed by atoms with Crippen LogP contribution in [0.3, 0.4) is 0 Å². The van der Waals surface area contributed by atoms with Crippen molar-refractivity contribution in [3.63, 3.8) is 0 Å². The Balaban J connectivity index is 0.000000695. The zero-order chi connectivity index (χ0) is 27.0. The van der Waals surface area contributed by atoms with E-state index in [1.165, 1.54) is 16.7 Å². The summed E-state index contributed by atoms with van der Waals surface area (Å²) in [6, 6.07) is 24.7. The minimum Gasteiger partial charge on any atom is -0.383 e. The zero-order valence-corrected chi connectivity index (χ0v) is 22.0. The number of aryl methyl sites for hydroxylation is 4. The summed E-state index contributed by atoms with van der Waals surface area (Å²) in [5.74, 6) is 0.500. The van der Waals surface area contributed by atoms with Gasteiger partial charge in [0.05, 0.1) is 15.7 Å². The lowest BCUT2D eigenvalue weighted by Gasteiger charge is -2.13. The predicted octanol–water partition coefficient (Wildman–Crippen LogP) is 5.53. The number of nitrogens with zero attached hydrogens (tertiary/aromatic N) is 2. The molecule has 0 amide bonds. The van der Waals surface area contributed by atoms with Gasteiger partial charge in [0.2, 0.25) is 5.95 Å². The fraction of sp³-hybridized carbons (Fsp3) is 0.154. The highest BCUT2D eigenvalue weighted by Gasteiger charge is 2.15. The number of nitrogen functional groups attached to an aromatic ring is 2. The molecule has 0 aliphatic heterocycles. The van der Waals surface area contributed by atoms with Crippen LogP contribution in [0.15, 0.2) is 72.8 Å². The average molecular weight is 561 g/mol. The summed E-state index contributed by atoms with van der Waals surface area (Å²) in [6.07, 6.45) is 3.54. The first-order chi connectivity index (χ1) is 17.5. The van der Waals surface area contributed by atoms with E-state index in [0.29, 0.717) is 22.3 Å². The number of hydrogen-bond acceptors (Lipinski definition) is 6. The van der Waals surface area contributed by atoms with E-state index in [9.17, 15) is 0 Å². The monoisotopic (exact) mass is 560 g/mol. The van der Waals surface area contributed by atoms with Crippen LogP contribution in [0, 0.1) is 0 Å². The van der Waals surface area contributed by atoms with E-state index in [4.69, 9.17) is 52.2 Å². The van der Waals surface area contributed by atoms with Gasteiger partial charge in [-0.25, -0.2) is 4.98 Å². The number of aromatic nitrogens is 2. The fourth-order valence-electron chi connectivity index (χ4n) is 3.76. The van der Waals surface area contributed by atoms with Gasteiger partial charge in [0.25, 0.3) is 0 Å². The third kappa shape index (κ3) is 9.31. The van der Waals surface area contributed by atoms with Crippen LogP contribution >= 0.6 is 23.2 Å². The summed E-state index contributed by atoms with van der Waals surface area (Å²) in [6.45, 7) is 0. The van der Waals surface area contributed by atoms with Gasteiger partial charge in [0.15, 0.2) is 0 Å². The molecule has 0 unspecified atom stereocenters. The van der Waals surface area contributed by atoms with Crippen LogP contribution in [-0.4, -0.2) is 27.5 Å². The Morgan fingerprint density at radius 2 is 1.22 bits per heavy atom. The van der Waals surface area contributed by atoms with Gasteiger partial charge >= 0.3 is 10.4 Å². The van der Waals surface area contributed by atoms with Crippen LogP contribution < -0.4 is 11.5 Å². The van der Waals surface area contributed by atoms with Crippen molar-refractivity contribution in [2.24, 2.45) is 0 Å². The van der Waals surface area contributed by atoms with Crippen LogP contribution in [-0.2, 0) is 36.1 Å². The molecule has 0 saturated heterocycles. The van der Waals surface area contributed by atoms with E-state index in [1.54, 1.807) is 12.1 Å². The molecule has 8 nitrogen and oxygen atoms in total. The molecule has 0 fully saturated rings. The molecule has 6 N–H and O–H groups in total. The molecule has 37 heavy (non-hydrogen) atoms. The minimum atomic E-state index is -4.67. The molecule has 0 bridgehead atoms. The summed E-state index contributed by atoms with van der Waals surface area (Å²) in [5.41, 5.74) is 18.4.